The molecule has 0 radical (unpaired) electrons. The van der Waals surface area contributed by atoms with E-state index in [1.54, 1.807) is 0 Å². The number of hydrogen-bond acceptors (Lipinski definition) is 1. The molecule has 0 saturated carbocycles. The summed E-state index contributed by atoms with van der Waals surface area (Å²) in [6.07, 6.45) is 2.03. The SMILES string of the molecule is Cc1cc(CCC(C)Cl)c2ccccc2n1. The largest absolute Gasteiger partial charge is 0.253 e. The van der Waals surface area contributed by atoms with Crippen LogP contribution in [0.4, 0.5) is 0 Å². The number of rotatable bonds is 3. The number of aryl methyl sites for hydroxylation is 2. The number of alkyl halides is 1. The highest BCUT2D eigenvalue weighted by molar-refractivity contribution is 6.20. The van der Waals surface area contributed by atoms with E-state index in [1.165, 1.54) is 10.9 Å². The molecule has 1 aromatic heterocycles. The maximum absolute atomic E-state index is 6.00. The summed E-state index contributed by atoms with van der Waals surface area (Å²) in [7, 11) is 0. The fourth-order valence-electron chi connectivity index (χ4n) is 1.96. The third kappa shape index (κ3) is 2.53. The molecule has 1 unspecified atom stereocenters. The lowest BCUT2D eigenvalue weighted by Gasteiger charge is -2.08. The molecule has 0 fully saturated rings. The summed E-state index contributed by atoms with van der Waals surface area (Å²) in [4.78, 5) is 4.53. The number of para-hydroxylation sites is 1. The van der Waals surface area contributed by atoms with Crippen LogP contribution in [0, 0.1) is 6.92 Å². The Balaban J connectivity index is 2.42. The van der Waals surface area contributed by atoms with Crippen molar-refractivity contribution in [1.82, 2.24) is 4.98 Å². The minimum atomic E-state index is 0.229. The quantitative estimate of drug-likeness (QED) is 0.728. The van der Waals surface area contributed by atoms with Crippen molar-refractivity contribution < 1.29 is 0 Å². The zero-order valence-electron chi connectivity index (χ0n) is 9.70. The monoisotopic (exact) mass is 233 g/mol. The molecule has 2 heteroatoms. The maximum Gasteiger partial charge on any atom is 0.0707 e. The van der Waals surface area contributed by atoms with Crippen LogP contribution in [0.5, 0.6) is 0 Å². The second-order valence-electron chi connectivity index (χ2n) is 4.26. The molecule has 1 nitrogen and oxygen atoms in total. The Labute approximate surface area is 101 Å². The Morgan fingerprint density at radius 1 is 1.31 bits per heavy atom. The van der Waals surface area contributed by atoms with Gasteiger partial charge in [0.25, 0.3) is 0 Å². The zero-order valence-corrected chi connectivity index (χ0v) is 10.5. The standard InChI is InChI=1S/C14H16ClN/c1-10(15)7-8-12-9-11(2)16-14-6-4-3-5-13(12)14/h3-6,9-10H,7-8H2,1-2H3. The molecule has 16 heavy (non-hydrogen) atoms. The van der Waals surface area contributed by atoms with E-state index in [-0.39, 0.29) is 5.38 Å². The first kappa shape index (κ1) is 11.4. The van der Waals surface area contributed by atoms with Crippen LogP contribution in [-0.2, 0) is 6.42 Å². The number of pyridine rings is 1. The van der Waals surface area contributed by atoms with Gasteiger partial charge in [0.05, 0.1) is 5.52 Å². The van der Waals surface area contributed by atoms with Gasteiger partial charge in [0, 0.05) is 16.5 Å². The molecule has 2 aromatic rings. The first-order chi connectivity index (χ1) is 7.66. The maximum atomic E-state index is 6.00. The molecular formula is C14H16ClN. The molecule has 2 rings (SSSR count). The van der Waals surface area contributed by atoms with E-state index in [1.807, 2.05) is 19.9 Å². The summed E-state index contributed by atoms with van der Waals surface area (Å²) in [5.41, 5.74) is 3.52. The third-order valence-electron chi connectivity index (χ3n) is 2.74. The van der Waals surface area contributed by atoms with Crippen molar-refractivity contribution in [3.8, 4) is 0 Å². The van der Waals surface area contributed by atoms with E-state index < -0.39 is 0 Å². The highest BCUT2D eigenvalue weighted by Gasteiger charge is 2.05. The van der Waals surface area contributed by atoms with Gasteiger partial charge >= 0.3 is 0 Å². The van der Waals surface area contributed by atoms with Crippen molar-refractivity contribution in [3.05, 3.63) is 41.6 Å². The van der Waals surface area contributed by atoms with Gasteiger partial charge in [-0.1, -0.05) is 18.2 Å². The topological polar surface area (TPSA) is 12.9 Å². The van der Waals surface area contributed by atoms with Crippen molar-refractivity contribution in [2.75, 3.05) is 0 Å². The fourth-order valence-corrected chi connectivity index (χ4v) is 2.07. The lowest BCUT2D eigenvalue weighted by molar-refractivity contribution is 0.805. The Hall–Kier alpha value is -1.08. The van der Waals surface area contributed by atoms with Crippen molar-refractivity contribution >= 4 is 22.5 Å². The molecule has 1 atom stereocenters. The molecule has 0 aliphatic carbocycles. The van der Waals surface area contributed by atoms with E-state index >= 15 is 0 Å². The highest BCUT2D eigenvalue weighted by Crippen LogP contribution is 2.20. The van der Waals surface area contributed by atoms with Gasteiger partial charge < -0.3 is 0 Å². The fraction of sp³-hybridized carbons (Fsp3) is 0.357. The Morgan fingerprint density at radius 3 is 2.81 bits per heavy atom. The van der Waals surface area contributed by atoms with Gasteiger partial charge in [-0.25, -0.2) is 0 Å². The van der Waals surface area contributed by atoms with Crippen LogP contribution in [-0.4, -0.2) is 10.4 Å². The van der Waals surface area contributed by atoms with Crippen LogP contribution >= 0.6 is 11.6 Å². The van der Waals surface area contributed by atoms with Crippen molar-refractivity contribution in [2.24, 2.45) is 0 Å². The van der Waals surface area contributed by atoms with Crippen molar-refractivity contribution in [2.45, 2.75) is 32.1 Å². The van der Waals surface area contributed by atoms with E-state index in [2.05, 4.69) is 29.2 Å². The Kier molecular flexibility index (Phi) is 3.45. The normalized spacial score (nSPS) is 12.9. The van der Waals surface area contributed by atoms with Crippen LogP contribution in [0.15, 0.2) is 30.3 Å². The first-order valence-corrected chi connectivity index (χ1v) is 6.10. The van der Waals surface area contributed by atoms with Gasteiger partial charge in [0.15, 0.2) is 0 Å². The number of aromatic nitrogens is 1. The zero-order chi connectivity index (χ0) is 11.5. The summed E-state index contributed by atoms with van der Waals surface area (Å²) >= 11 is 6.00. The summed E-state index contributed by atoms with van der Waals surface area (Å²) in [6.45, 7) is 4.08. The lowest BCUT2D eigenvalue weighted by Crippen LogP contribution is -1.97. The van der Waals surface area contributed by atoms with Gasteiger partial charge in [-0.05, 0) is 44.4 Å². The third-order valence-corrected chi connectivity index (χ3v) is 2.96. The molecule has 0 spiro atoms. The number of benzene rings is 1. The Morgan fingerprint density at radius 2 is 2.06 bits per heavy atom. The molecule has 0 bridgehead atoms. The van der Waals surface area contributed by atoms with Gasteiger partial charge in [0.2, 0.25) is 0 Å². The van der Waals surface area contributed by atoms with Crippen molar-refractivity contribution in [3.63, 3.8) is 0 Å². The van der Waals surface area contributed by atoms with Crippen LogP contribution in [0.2, 0.25) is 0 Å². The predicted molar refractivity (Wildman–Crippen MR) is 70.1 cm³/mol. The first-order valence-electron chi connectivity index (χ1n) is 5.66. The Bertz CT molecular complexity index is 491. The minimum Gasteiger partial charge on any atom is -0.253 e. The predicted octanol–water partition coefficient (Wildman–Crippen LogP) is 4.10. The minimum absolute atomic E-state index is 0.229. The van der Waals surface area contributed by atoms with Crippen LogP contribution in [0.25, 0.3) is 10.9 Å². The van der Waals surface area contributed by atoms with E-state index in [9.17, 15) is 0 Å². The van der Waals surface area contributed by atoms with Gasteiger partial charge in [-0.3, -0.25) is 4.98 Å². The molecule has 1 heterocycles. The second-order valence-corrected chi connectivity index (χ2v) is 5.00. The van der Waals surface area contributed by atoms with Crippen LogP contribution < -0.4 is 0 Å². The number of hydrogen-bond donors (Lipinski definition) is 0. The van der Waals surface area contributed by atoms with Gasteiger partial charge in [-0.2, -0.15) is 0 Å². The van der Waals surface area contributed by atoms with Crippen LogP contribution in [0.1, 0.15) is 24.6 Å². The second kappa shape index (κ2) is 4.84. The molecule has 1 aromatic carbocycles. The molecule has 84 valence electrons. The van der Waals surface area contributed by atoms with Gasteiger partial charge in [0.1, 0.15) is 0 Å². The molecule has 0 saturated heterocycles. The number of nitrogens with zero attached hydrogens (tertiary/aromatic N) is 1. The number of fused-ring (bicyclic) bond motifs is 1. The van der Waals surface area contributed by atoms with Gasteiger partial charge in [-0.15, -0.1) is 11.6 Å². The van der Waals surface area contributed by atoms with E-state index in [0.717, 1.165) is 24.1 Å². The van der Waals surface area contributed by atoms with Crippen molar-refractivity contribution in [1.29, 1.82) is 0 Å². The van der Waals surface area contributed by atoms with E-state index in [0.29, 0.717) is 0 Å². The molecule has 0 aliphatic heterocycles. The summed E-state index contributed by atoms with van der Waals surface area (Å²) in [6, 6.07) is 10.5. The average molecular weight is 234 g/mol. The molecular weight excluding hydrogens is 218 g/mol. The molecule has 0 aliphatic rings. The smallest absolute Gasteiger partial charge is 0.0707 e. The van der Waals surface area contributed by atoms with E-state index in [4.69, 9.17) is 11.6 Å². The summed E-state index contributed by atoms with van der Waals surface area (Å²) < 4.78 is 0. The molecule has 0 N–H and O–H groups in total. The highest BCUT2D eigenvalue weighted by atomic mass is 35.5. The number of halogens is 1. The summed E-state index contributed by atoms with van der Waals surface area (Å²) in [5.74, 6) is 0. The average Bonchev–Trinajstić information content (AvgIpc) is 2.25. The summed E-state index contributed by atoms with van der Waals surface area (Å²) in [5, 5.41) is 1.48. The van der Waals surface area contributed by atoms with Crippen LogP contribution in [0.3, 0.4) is 0 Å². The molecule has 0 amide bonds. The lowest BCUT2D eigenvalue weighted by atomic mass is 10.0.